The Morgan fingerprint density at radius 1 is 1.42 bits per heavy atom. The molecular formula is C13H17ClN2O3. The van der Waals surface area contributed by atoms with Gasteiger partial charge in [-0.25, -0.2) is 0 Å². The topological polar surface area (TPSA) is 63.5 Å². The lowest BCUT2D eigenvalue weighted by Gasteiger charge is -2.21. The van der Waals surface area contributed by atoms with E-state index >= 15 is 0 Å². The number of alkyl halides is 1. The van der Waals surface area contributed by atoms with E-state index in [0.29, 0.717) is 30.1 Å². The van der Waals surface area contributed by atoms with E-state index in [1.807, 2.05) is 6.92 Å². The lowest BCUT2D eigenvalue weighted by Crippen LogP contribution is -2.33. The van der Waals surface area contributed by atoms with E-state index in [2.05, 4.69) is 0 Å². The molecule has 19 heavy (non-hydrogen) atoms. The fourth-order valence-corrected chi connectivity index (χ4v) is 2.07. The Balaban J connectivity index is 2.98. The van der Waals surface area contributed by atoms with Crippen LogP contribution >= 0.6 is 11.6 Å². The Hall–Kier alpha value is -1.62. The van der Waals surface area contributed by atoms with Crippen LogP contribution in [0.15, 0.2) is 18.2 Å². The van der Waals surface area contributed by atoms with Crippen molar-refractivity contribution in [2.75, 3.05) is 19.0 Å². The van der Waals surface area contributed by atoms with Crippen LogP contribution in [0.5, 0.6) is 0 Å². The maximum Gasteiger partial charge on any atom is 0.272 e. The summed E-state index contributed by atoms with van der Waals surface area (Å²) >= 11 is 5.68. The Bertz CT molecular complexity index is 471. The Kier molecular flexibility index (Phi) is 5.76. The summed E-state index contributed by atoms with van der Waals surface area (Å²) in [6.45, 7) is 4.71. The van der Waals surface area contributed by atoms with Crippen molar-refractivity contribution in [3.63, 3.8) is 0 Å². The van der Waals surface area contributed by atoms with Crippen molar-refractivity contribution < 1.29 is 9.72 Å². The predicted octanol–water partition coefficient (Wildman–Crippen LogP) is 2.99. The molecule has 6 heteroatoms. The van der Waals surface area contributed by atoms with Crippen molar-refractivity contribution in [1.82, 2.24) is 4.90 Å². The molecule has 1 aromatic rings. The van der Waals surface area contributed by atoms with Gasteiger partial charge in [-0.05, 0) is 25.5 Å². The smallest absolute Gasteiger partial charge is 0.272 e. The highest BCUT2D eigenvalue weighted by Gasteiger charge is 2.17. The molecule has 0 saturated carbocycles. The largest absolute Gasteiger partial charge is 0.337 e. The molecular weight excluding hydrogens is 268 g/mol. The van der Waals surface area contributed by atoms with Gasteiger partial charge in [-0.2, -0.15) is 0 Å². The third-order valence-electron chi connectivity index (χ3n) is 2.78. The second-order valence-electron chi connectivity index (χ2n) is 4.24. The predicted molar refractivity (Wildman–Crippen MR) is 74.7 cm³/mol. The summed E-state index contributed by atoms with van der Waals surface area (Å²) in [5, 5.41) is 10.7. The zero-order valence-corrected chi connectivity index (χ0v) is 11.8. The SMILES string of the molecule is CCCN(CCCl)C(=O)c1ccc([N+](=O)[O-])c(C)c1. The van der Waals surface area contributed by atoms with E-state index in [9.17, 15) is 14.9 Å². The van der Waals surface area contributed by atoms with Crippen molar-refractivity contribution in [3.8, 4) is 0 Å². The number of carbonyl (C=O) groups is 1. The Morgan fingerprint density at radius 3 is 2.58 bits per heavy atom. The maximum atomic E-state index is 12.3. The molecule has 0 unspecified atom stereocenters. The van der Waals surface area contributed by atoms with Gasteiger partial charge in [0.25, 0.3) is 11.6 Å². The number of nitro groups is 1. The van der Waals surface area contributed by atoms with Crippen LogP contribution < -0.4 is 0 Å². The standard InChI is InChI=1S/C13H17ClN2O3/c1-3-7-15(8-6-14)13(17)11-4-5-12(16(18)19)10(2)9-11/h4-5,9H,3,6-8H2,1-2H3. The summed E-state index contributed by atoms with van der Waals surface area (Å²) in [6, 6.07) is 4.41. The number of rotatable bonds is 6. The number of carbonyl (C=O) groups excluding carboxylic acids is 1. The molecule has 0 aliphatic rings. The quantitative estimate of drug-likeness (QED) is 0.458. The van der Waals surface area contributed by atoms with Crippen LogP contribution in [0.4, 0.5) is 5.69 Å². The molecule has 0 aliphatic heterocycles. The van der Waals surface area contributed by atoms with Gasteiger partial charge in [0, 0.05) is 36.2 Å². The van der Waals surface area contributed by atoms with Gasteiger partial charge in [-0.15, -0.1) is 11.6 Å². The second-order valence-corrected chi connectivity index (χ2v) is 4.62. The summed E-state index contributed by atoms with van der Waals surface area (Å²) in [5.74, 6) is 0.234. The van der Waals surface area contributed by atoms with Crippen molar-refractivity contribution in [1.29, 1.82) is 0 Å². The first kappa shape index (κ1) is 15.4. The third kappa shape index (κ3) is 3.92. The monoisotopic (exact) mass is 284 g/mol. The number of benzene rings is 1. The summed E-state index contributed by atoms with van der Waals surface area (Å²) in [4.78, 5) is 24.2. The van der Waals surface area contributed by atoms with Gasteiger partial charge in [-0.1, -0.05) is 6.92 Å². The normalized spacial score (nSPS) is 10.3. The minimum Gasteiger partial charge on any atom is -0.337 e. The fraction of sp³-hybridized carbons (Fsp3) is 0.462. The number of aryl methyl sites for hydroxylation is 1. The van der Waals surface area contributed by atoms with Gasteiger partial charge in [0.15, 0.2) is 0 Å². The third-order valence-corrected chi connectivity index (χ3v) is 2.94. The Labute approximate surface area is 117 Å². The summed E-state index contributed by atoms with van der Waals surface area (Å²) in [6.07, 6.45) is 0.842. The summed E-state index contributed by atoms with van der Waals surface area (Å²) in [5.41, 5.74) is 0.968. The van der Waals surface area contributed by atoms with Crippen LogP contribution in [0.2, 0.25) is 0 Å². The highest BCUT2D eigenvalue weighted by atomic mass is 35.5. The average Bonchev–Trinajstić information content (AvgIpc) is 2.37. The molecule has 0 bridgehead atoms. The van der Waals surface area contributed by atoms with E-state index in [-0.39, 0.29) is 11.6 Å². The van der Waals surface area contributed by atoms with E-state index in [4.69, 9.17) is 11.6 Å². The number of amides is 1. The first-order chi connectivity index (χ1) is 9.01. The van der Waals surface area contributed by atoms with Crippen molar-refractivity contribution >= 4 is 23.2 Å². The highest BCUT2D eigenvalue weighted by Crippen LogP contribution is 2.19. The van der Waals surface area contributed by atoms with Gasteiger partial charge >= 0.3 is 0 Å². The average molecular weight is 285 g/mol. The van der Waals surface area contributed by atoms with Gasteiger partial charge in [0.05, 0.1) is 4.92 Å². The molecule has 0 spiro atoms. The van der Waals surface area contributed by atoms with Gasteiger partial charge < -0.3 is 4.90 Å². The van der Waals surface area contributed by atoms with E-state index in [1.54, 1.807) is 17.9 Å². The summed E-state index contributed by atoms with van der Waals surface area (Å²) in [7, 11) is 0. The van der Waals surface area contributed by atoms with Crippen LogP contribution in [0.1, 0.15) is 29.3 Å². The molecule has 1 rings (SSSR count). The lowest BCUT2D eigenvalue weighted by molar-refractivity contribution is -0.385. The highest BCUT2D eigenvalue weighted by molar-refractivity contribution is 6.18. The van der Waals surface area contributed by atoms with Crippen LogP contribution in [0, 0.1) is 17.0 Å². The number of hydrogen-bond acceptors (Lipinski definition) is 3. The molecule has 1 aromatic carbocycles. The molecule has 0 aromatic heterocycles. The number of halogens is 1. The van der Waals surface area contributed by atoms with Crippen LogP contribution in [-0.2, 0) is 0 Å². The molecule has 0 saturated heterocycles. The molecule has 0 atom stereocenters. The lowest BCUT2D eigenvalue weighted by atomic mass is 10.1. The van der Waals surface area contributed by atoms with Crippen molar-refractivity contribution in [2.45, 2.75) is 20.3 Å². The Morgan fingerprint density at radius 2 is 2.11 bits per heavy atom. The van der Waals surface area contributed by atoms with E-state index in [0.717, 1.165) is 6.42 Å². The van der Waals surface area contributed by atoms with Crippen LogP contribution in [-0.4, -0.2) is 34.7 Å². The van der Waals surface area contributed by atoms with Gasteiger partial charge in [0.2, 0.25) is 0 Å². The molecule has 0 N–H and O–H groups in total. The van der Waals surface area contributed by atoms with Crippen molar-refractivity contribution in [3.05, 3.63) is 39.4 Å². The van der Waals surface area contributed by atoms with E-state index < -0.39 is 4.92 Å². The molecule has 5 nitrogen and oxygen atoms in total. The zero-order chi connectivity index (χ0) is 14.4. The molecule has 0 radical (unpaired) electrons. The first-order valence-electron chi connectivity index (χ1n) is 6.11. The number of nitro benzene ring substituents is 1. The summed E-state index contributed by atoms with van der Waals surface area (Å²) < 4.78 is 0. The second kappa shape index (κ2) is 7.09. The number of nitrogens with zero attached hydrogens (tertiary/aromatic N) is 2. The van der Waals surface area contributed by atoms with E-state index in [1.165, 1.54) is 12.1 Å². The zero-order valence-electron chi connectivity index (χ0n) is 11.1. The maximum absolute atomic E-state index is 12.3. The van der Waals surface area contributed by atoms with Crippen LogP contribution in [0.25, 0.3) is 0 Å². The molecule has 0 fully saturated rings. The van der Waals surface area contributed by atoms with Crippen LogP contribution in [0.3, 0.4) is 0 Å². The molecule has 0 aliphatic carbocycles. The number of hydrogen-bond donors (Lipinski definition) is 0. The molecule has 1 amide bonds. The molecule has 104 valence electrons. The first-order valence-corrected chi connectivity index (χ1v) is 6.65. The molecule has 0 heterocycles. The van der Waals surface area contributed by atoms with Gasteiger partial charge in [-0.3, -0.25) is 14.9 Å². The minimum absolute atomic E-state index is 0.0240. The van der Waals surface area contributed by atoms with Gasteiger partial charge in [0.1, 0.15) is 0 Å². The minimum atomic E-state index is -0.452. The van der Waals surface area contributed by atoms with Crippen molar-refractivity contribution in [2.24, 2.45) is 0 Å². The fourth-order valence-electron chi connectivity index (χ4n) is 1.86.